The van der Waals surface area contributed by atoms with Crippen molar-refractivity contribution >= 4 is 23.1 Å². The van der Waals surface area contributed by atoms with Crippen molar-refractivity contribution in [3.8, 4) is 11.3 Å². The number of anilines is 1. The molecule has 1 N–H and O–H groups in total. The lowest BCUT2D eigenvalue weighted by Crippen LogP contribution is -2.23. The molecule has 1 aromatic carbocycles. The Hall–Kier alpha value is -2.07. The first-order valence-electron chi connectivity index (χ1n) is 8.17. The van der Waals surface area contributed by atoms with Crippen LogP contribution < -0.4 is 5.32 Å². The SMILES string of the molecule is Clc1cccc(-c2cnc3ccc(NC4CCCCC4)nn23)c1. The standard InChI is InChI=1S/C18H19ClN4/c19-14-6-4-5-13(11-14)16-12-20-18-10-9-17(22-23(16)18)21-15-7-2-1-3-8-15/h4-6,9-12,15H,1-3,7-8H2,(H,21,22). The average molecular weight is 327 g/mol. The second-order valence-electron chi connectivity index (χ2n) is 6.12. The van der Waals surface area contributed by atoms with Crippen molar-refractivity contribution in [3.63, 3.8) is 0 Å². The van der Waals surface area contributed by atoms with Crippen LogP contribution in [-0.4, -0.2) is 20.6 Å². The van der Waals surface area contributed by atoms with Crippen LogP contribution in [0.3, 0.4) is 0 Å². The molecule has 5 heteroatoms. The summed E-state index contributed by atoms with van der Waals surface area (Å²) in [6.45, 7) is 0. The summed E-state index contributed by atoms with van der Waals surface area (Å²) in [5.74, 6) is 0.908. The van der Waals surface area contributed by atoms with Gasteiger partial charge in [0.05, 0.1) is 11.9 Å². The van der Waals surface area contributed by atoms with E-state index in [4.69, 9.17) is 16.7 Å². The Kier molecular flexibility index (Phi) is 3.92. The van der Waals surface area contributed by atoms with E-state index in [1.165, 1.54) is 32.1 Å². The van der Waals surface area contributed by atoms with E-state index in [0.29, 0.717) is 11.1 Å². The van der Waals surface area contributed by atoms with Gasteiger partial charge >= 0.3 is 0 Å². The number of hydrogen-bond donors (Lipinski definition) is 1. The normalized spacial score (nSPS) is 15.9. The number of rotatable bonds is 3. The molecule has 3 aromatic rings. The Morgan fingerprint density at radius 3 is 2.78 bits per heavy atom. The molecular formula is C18H19ClN4. The maximum Gasteiger partial charge on any atom is 0.154 e. The Morgan fingerprint density at radius 2 is 1.96 bits per heavy atom. The van der Waals surface area contributed by atoms with Crippen molar-refractivity contribution < 1.29 is 0 Å². The lowest BCUT2D eigenvalue weighted by atomic mass is 9.95. The summed E-state index contributed by atoms with van der Waals surface area (Å²) >= 11 is 6.11. The summed E-state index contributed by atoms with van der Waals surface area (Å²) < 4.78 is 1.89. The second-order valence-corrected chi connectivity index (χ2v) is 6.56. The first-order chi connectivity index (χ1) is 11.3. The third kappa shape index (κ3) is 3.04. The van der Waals surface area contributed by atoms with Crippen molar-refractivity contribution in [2.24, 2.45) is 0 Å². The third-order valence-electron chi connectivity index (χ3n) is 4.44. The van der Waals surface area contributed by atoms with E-state index < -0.39 is 0 Å². The average Bonchev–Trinajstić information content (AvgIpc) is 2.99. The van der Waals surface area contributed by atoms with Crippen LogP contribution in [0.25, 0.3) is 16.9 Å². The zero-order valence-electron chi connectivity index (χ0n) is 12.9. The predicted octanol–water partition coefficient (Wildman–Crippen LogP) is 4.79. The van der Waals surface area contributed by atoms with Gasteiger partial charge in [-0.25, -0.2) is 9.50 Å². The van der Waals surface area contributed by atoms with Crippen molar-refractivity contribution in [1.82, 2.24) is 14.6 Å². The number of benzene rings is 1. The predicted molar refractivity (Wildman–Crippen MR) is 93.9 cm³/mol. The maximum atomic E-state index is 6.11. The summed E-state index contributed by atoms with van der Waals surface area (Å²) in [6, 6.07) is 12.3. The Labute approximate surface area is 140 Å². The van der Waals surface area contributed by atoms with Gasteiger partial charge in [0, 0.05) is 16.6 Å². The highest BCUT2D eigenvalue weighted by Crippen LogP contribution is 2.25. The number of imidazole rings is 1. The Morgan fingerprint density at radius 1 is 1.09 bits per heavy atom. The minimum absolute atomic E-state index is 0.534. The zero-order valence-corrected chi connectivity index (χ0v) is 13.6. The van der Waals surface area contributed by atoms with Gasteiger partial charge in [0.25, 0.3) is 0 Å². The molecule has 1 saturated carbocycles. The fourth-order valence-corrected chi connectivity index (χ4v) is 3.44. The van der Waals surface area contributed by atoms with Crippen molar-refractivity contribution in [2.75, 3.05) is 5.32 Å². The molecule has 4 nitrogen and oxygen atoms in total. The number of nitrogens with one attached hydrogen (secondary N) is 1. The minimum atomic E-state index is 0.534. The van der Waals surface area contributed by atoms with Crippen LogP contribution in [-0.2, 0) is 0 Å². The van der Waals surface area contributed by atoms with Crippen LogP contribution in [0.1, 0.15) is 32.1 Å². The number of halogens is 1. The molecule has 4 rings (SSSR count). The number of hydrogen-bond acceptors (Lipinski definition) is 3. The van der Waals surface area contributed by atoms with E-state index in [1.807, 2.05) is 47.1 Å². The van der Waals surface area contributed by atoms with Gasteiger partial charge in [-0.2, -0.15) is 0 Å². The highest BCUT2D eigenvalue weighted by Gasteiger charge is 2.14. The van der Waals surface area contributed by atoms with Gasteiger partial charge in [-0.3, -0.25) is 0 Å². The van der Waals surface area contributed by atoms with Crippen LogP contribution in [0.4, 0.5) is 5.82 Å². The molecule has 1 aliphatic rings. The summed E-state index contributed by atoms with van der Waals surface area (Å²) in [4.78, 5) is 4.44. The molecule has 0 unspecified atom stereocenters. The van der Waals surface area contributed by atoms with Crippen molar-refractivity contribution in [2.45, 2.75) is 38.1 Å². The first-order valence-corrected chi connectivity index (χ1v) is 8.55. The van der Waals surface area contributed by atoms with E-state index in [9.17, 15) is 0 Å². The Balaban J connectivity index is 1.68. The van der Waals surface area contributed by atoms with Crippen LogP contribution in [0.5, 0.6) is 0 Å². The number of fused-ring (bicyclic) bond motifs is 1. The molecule has 0 radical (unpaired) electrons. The summed E-state index contributed by atoms with van der Waals surface area (Å²) in [5, 5.41) is 9.02. The summed E-state index contributed by atoms with van der Waals surface area (Å²) in [5.41, 5.74) is 2.82. The molecule has 0 aliphatic heterocycles. The topological polar surface area (TPSA) is 42.2 Å². The number of nitrogens with zero attached hydrogens (tertiary/aromatic N) is 3. The van der Waals surface area contributed by atoms with E-state index in [2.05, 4.69) is 10.3 Å². The summed E-state index contributed by atoms with van der Waals surface area (Å²) in [6.07, 6.45) is 8.26. The van der Waals surface area contributed by atoms with Gasteiger partial charge in [0.1, 0.15) is 5.82 Å². The second kappa shape index (κ2) is 6.20. The largest absolute Gasteiger partial charge is 0.366 e. The zero-order chi connectivity index (χ0) is 15.6. The molecule has 1 aliphatic carbocycles. The van der Waals surface area contributed by atoms with Crippen molar-refractivity contribution in [3.05, 3.63) is 47.6 Å². The molecule has 0 spiro atoms. The van der Waals surface area contributed by atoms with Crippen LogP contribution in [0.2, 0.25) is 5.02 Å². The molecule has 0 saturated heterocycles. The van der Waals surface area contributed by atoms with Crippen LogP contribution >= 0.6 is 11.6 Å². The monoisotopic (exact) mass is 326 g/mol. The number of aromatic nitrogens is 3. The summed E-state index contributed by atoms with van der Waals surface area (Å²) in [7, 11) is 0. The smallest absolute Gasteiger partial charge is 0.154 e. The van der Waals surface area contributed by atoms with E-state index in [0.717, 1.165) is 22.7 Å². The molecule has 118 valence electrons. The van der Waals surface area contributed by atoms with Gasteiger partial charge in [-0.1, -0.05) is 43.0 Å². The molecule has 0 bridgehead atoms. The fourth-order valence-electron chi connectivity index (χ4n) is 3.25. The molecule has 2 aromatic heterocycles. The molecule has 1 fully saturated rings. The lowest BCUT2D eigenvalue weighted by Gasteiger charge is -2.23. The molecule has 0 amide bonds. The van der Waals surface area contributed by atoms with Crippen LogP contribution in [0, 0.1) is 0 Å². The maximum absolute atomic E-state index is 6.11. The van der Waals surface area contributed by atoms with Crippen LogP contribution in [0.15, 0.2) is 42.6 Å². The molecule has 0 atom stereocenters. The highest BCUT2D eigenvalue weighted by molar-refractivity contribution is 6.30. The van der Waals surface area contributed by atoms with E-state index in [-0.39, 0.29) is 0 Å². The Bertz CT molecular complexity index is 821. The van der Waals surface area contributed by atoms with Crippen molar-refractivity contribution in [1.29, 1.82) is 0 Å². The first kappa shape index (κ1) is 14.5. The fraction of sp³-hybridized carbons (Fsp3) is 0.333. The lowest BCUT2D eigenvalue weighted by molar-refractivity contribution is 0.461. The van der Waals surface area contributed by atoms with Gasteiger partial charge in [0.2, 0.25) is 0 Å². The quantitative estimate of drug-likeness (QED) is 0.752. The minimum Gasteiger partial charge on any atom is -0.366 e. The molecule has 23 heavy (non-hydrogen) atoms. The van der Waals surface area contributed by atoms with E-state index in [1.54, 1.807) is 0 Å². The molecule has 2 heterocycles. The van der Waals surface area contributed by atoms with E-state index >= 15 is 0 Å². The van der Waals surface area contributed by atoms with Gasteiger partial charge in [0.15, 0.2) is 5.65 Å². The third-order valence-corrected chi connectivity index (χ3v) is 4.67. The van der Waals surface area contributed by atoms with Gasteiger partial charge < -0.3 is 5.32 Å². The molecular weight excluding hydrogens is 308 g/mol. The van der Waals surface area contributed by atoms with Gasteiger partial charge in [-0.05, 0) is 37.1 Å². The van der Waals surface area contributed by atoms with Gasteiger partial charge in [-0.15, -0.1) is 5.10 Å². The highest BCUT2D eigenvalue weighted by atomic mass is 35.5.